The molecule has 0 heterocycles. The lowest BCUT2D eigenvalue weighted by atomic mass is 10.2. The minimum absolute atomic E-state index is 0.109. The average Bonchev–Trinajstić information content (AvgIpc) is 2.42. The van der Waals surface area contributed by atoms with Crippen LogP contribution in [0.2, 0.25) is 0 Å². The van der Waals surface area contributed by atoms with Gasteiger partial charge in [0.1, 0.15) is 11.8 Å². The SMILES string of the molecule is NC(=O)c1ccccc1OCC(=O)N[C@@H](CO)C(=O)O. The number of hydrogen-bond donors (Lipinski definition) is 4. The molecule has 0 fully saturated rings. The second kappa shape index (κ2) is 7.10. The molecule has 0 unspecified atom stereocenters. The maximum absolute atomic E-state index is 11.4. The van der Waals surface area contributed by atoms with Gasteiger partial charge in [-0.05, 0) is 12.1 Å². The summed E-state index contributed by atoms with van der Waals surface area (Å²) in [6.45, 7) is -1.24. The van der Waals surface area contributed by atoms with Gasteiger partial charge >= 0.3 is 5.97 Å². The molecule has 0 spiro atoms. The fourth-order valence-electron chi connectivity index (χ4n) is 1.36. The second-order valence-electron chi connectivity index (χ2n) is 3.79. The zero-order valence-electron chi connectivity index (χ0n) is 10.4. The summed E-state index contributed by atoms with van der Waals surface area (Å²) in [4.78, 5) is 33.2. The van der Waals surface area contributed by atoms with Gasteiger partial charge in [0.25, 0.3) is 11.8 Å². The molecular weight excluding hydrogens is 268 g/mol. The molecule has 1 aromatic rings. The third-order valence-corrected chi connectivity index (χ3v) is 2.33. The van der Waals surface area contributed by atoms with Crippen LogP contribution in [0.4, 0.5) is 0 Å². The Bertz CT molecular complexity index is 516. The largest absolute Gasteiger partial charge is 0.483 e. The van der Waals surface area contributed by atoms with Crippen molar-refractivity contribution in [3.8, 4) is 5.75 Å². The van der Waals surface area contributed by atoms with Crippen molar-refractivity contribution in [1.29, 1.82) is 0 Å². The Kier molecular flexibility index (Phi) is 5.48. The van der Waals surface area contributed by atoms with E-state index in [1.807, 2.05) is 0 Å². The summed E-state index contributed by atoms with van der Waals surface area (Å²) in [7, 11) is 0. The molecule has 0 bridgehead atoms. The molecule has 1 rings (SSSR count). The highest BCUT2D eigenvalue weighted by atomic mass is 16.5. The van der Waals surface area contributed by atoms with E-state index in [0.717, 1.165) is 0 Å². The normalized spacial score (nSPS) is 11.4. The molecule has 5 N–H and O–H groups in total. The summed E-state index contributed by atoms with van der Waals surface area (Å²) in [6.07, 6.45) is 0. The van der Waals surface area contributed by atoms with E-state index >= 15 is 0 Å². The van der Waals surface area contributed by atoms with Crippen molar-refractivity contribution in [2.45, 2.75) is 6.04 Å². The van der Waals surface area contributed by atoms with Gasteiger partial charge in [-0.15, -0.1) is 0 Å². The molecule has 0 aliphatic carbocycles. The molecule has 2 amide bonds. The van der Waals surface area contributed by atoms with Crippen LogP contribution in [-0.2, 0) is 9.59 Å². The Balaban J connectivity index is 2.61. The van der Waals surface area contributed by atoms with Crippen molar-refractivity contribution < 1.29 is 29.3 Å². The van der Waals surface area contributed by atoms with Gasteiger partial charge in [0, 0.05) is 0 Å². The Morgan fingerprint density at radius 2 is 1.95 bits per heavy atom. The number of nitrogens with one attached hydrogen (secondary N) is 1. The Morgan fingerprint density at radius 3 is 2.50 bits per heavy atom. The van der Waals surface area contributed by atoms with Crippen molar-refractivity contribution in [3.05, 3.63) is 29.8 Å². The van der Waals surface area contributed by atoms with Crippen LogP contribution in [0.1, 0.15) is 10.4 Å². The zero-order chi connectivity index (χ0) is 15.1. The summed E-state index contributed by atoms with van der Waals surface area (Å²) in [5.41, 5.74) is 5.24. The van der Waals surface area contributed by atoms with Crippen LogP contribution in [0.25, 0.3) is 0 Å². The highest BCUT2D eigenvalue weighted by molar-refractivity contribution is 5.95. The van der Waals surface area contributed by atoms with Gasteiger partial charge in [0.2, 0.25) is 0 Å². The van der Waals surface area contributed by atoms with E-state index in [4.69, 9.17) is 20.7 Å². The number of carbonyl (C=O) groups is 3. The summed E-state index contributed by atoms with van der Waals surface area (Å²) < 4.78 is 5.10. The molecule has 8 heteroatoms. The smallest absolute Gasteiger partial charge is 0.328 e. The lowest BCUT2D eigenvalue weighted by molar-refractivity contribution is -0.143. The average molecular weight is 282 g/mol. The van der Waals surface area contributed by atoms with Gasteiger partial charge in [0.15, 0.2) is 6.61 Å². The molecule has 0 aliphatic rings. The number of primary amides is 1. The van der Waals surface area contributed by atoms with Crippen molar-refractivity contribution in [3.63, 3.8) is 0 Å². The standard InChI is InChI=1S/C12H14N2O6/c13-11(17)7-3-1-2-4-9(7)20-6-10(16)14-8(5-15)12(18)19/h1-4,8,15H,5-6H2,(H2,13,17)(H,14,16)(H,18,19)/t8-/m0/s1. The van der Waals surface area contributed by atoms with E-state index in [0.29, 0.717) is 0 Å². The van der Waals surface area contributed by atoms with Crippen LogP contribution in [0, 0.1) is 0 Å². The highest BCUT2D eigenvalue weighted by Gasteiger charge is 2.19. The van der Waals surface area contributed by atoms with E-state index in [1.54, 1.807) is 12.1 Å². The van der Waals surface area contributed by atoms with Gasteiger partial charge in [0.05, 0.1) is 12.2 Å². The number of rotatable bonds is 7. The summed E-state index contributed by atoms with van der Waals surface area (Å²) in [5.74, 6) is -2.70. The van der Waals surface area contributed by atoms with Crippen molar-refractivity contribution >= 4 is 17.8 Å². The first-order valence-corrected chi connectivity index (χ1v) is 5.60. The second-order valence-corrected chi connectivity index (χ2v) is 3.79. The number of aliphatic hydroxyl groups excluding tert-OH is 1. The fourth-order valence-corrected chi connectivity index (χ4v) is 1.36. The Labute approximate surface area is 114 Å². The number of amides is 2. The topological polar surface area (TPSA) is 139 Å². The zero-order valence-corrected chi connectivity index (χ0v) is 10.4. The number of hydrogen-bond acceptors (Lipinski definition) is 5. The monoisotopic (exact) mass is 282 g/mol. The minimum atomic E-state index is -1.41. The number of carboxylic acid groups (broad SMARTS) is 1. The van der Waals surface area contributed by atoms with Crippen LogP contribution >= 0.6 is 0 Å². The summed E-state index contributed by atoms with van der Waals surface area (Å²) in [6, 6.07) is 4.65. The van der Waals surface area contributed by atoms with Gasteiger partial charge in [-0.1, -0.05) is 12.1 Å². The third-order valence-electron chi connectivity index (χ3n) is 2.33. The molecule has 0 radical (unpaired) electrons. The van der Waals surface area contributed by atoms with E-state index in [2.05, 4.69) is 5.32 Å². The number of carboxylic acids is 1. The van der Waals surface area contributed by atoms with Gasteiger partial charge < -0.3 is 26.0 Å². The first-order chi connectivity index (χ1) is 9.45. The maximum atomic E-state index is 11.4. The van der Waals surface area contributed by atoms with Crippen LogP contribution in [0.15, 0.2) is 24.3 Å². The third kappa shape index (κ3) is 4.25. The van der Waals surface area contributed by atoms with Gasteiger partial charge in [-0.3, -0.25) is 9.59 Å². The van der Waals surface area contributed by atoms with Crippen LogP contribution < -0.4 is 15.8 Å². The lowest BCUT2D eigenvalue weighted by Crippen LogP contribution is -2.45. The number of benzene rings is 1. The number of aliphatic carboxylic acids is 1. The Hall–Kier alpha value is -2.61. The van der Waals surface area contributed by atoms with Gasteiger partial charge in [-0.2, -0.15) is 0 Å². The quantitative estimate of drug-likeness (QED) is 0.491. The number of nitrogens with two attached hydrogens (primary N) is 1. The van der Waals surface area contributed by atoms with Crippen LogP contribution in [0.3, 0.4) is 0 Å². The number of para-hydroxylation sites is 1. The molecule has 1 atom stereocenters. The van der Waals surface area contributed by atoms with Crippen LogP contribution in [0.5, 0.6) is 5.75 Å². The van der Waals surface area contributed by atoms with E-state index < -0.39 is 37.0 Å². The number of ether oxygens (including phenoxy) is 1. The Morgan fingerprint density at radius 1 is 1.30 bits per heavy atom. The van der Waals surface area contributed by atoms with Crippen molar-refractivity contribution in [2.75, 3.05) is 13.2 Å². The van der Waals surface area contributed by atoms with Gasteiger partial charge in [-0.25, -0.2) is 4.79 Å². The molecule has 0 saturated heterocycles. The molecule has 8 nitrogen and oxygen atoms in total. The summed E-state index contributed by atoms with van der Waals surface area (Å²) >= 11 is 0. The fraction of sp³-hybridized carbons (Fsp3) is 0.250. The number of aliphatic hydroxyl groups is 1. The molecule has 0 aliphatic heterocycles. The molecule has 108 valence electrons. The molecule has 1 aromatic carbocycles. The molecule has 0 aromatic heterocycles. The predicted octanol–water partition coefficient (Wildman–Crippen LogP) is -1.27. The first kappa shape index (κ1) is 15.4. The van der Waals surface area contributed by atoms with E-state index in [9.17, 15) is 14.4 Å². The number of carbonyl (C=O) groups excluding carboxylic acids is 2. The first-order valence-electron chi connectivity index (χ1n) is 5.60. The minimum Gasteiger partial charge on any atom is -0.483 e. The molecule has 20 heavy (non-hydrogen) atoms. The van der Waals surface area contributed by atoms with Crippen molar-refractivity contribution in [2.24, 2.45) is 5.73 Å². The maximum Gasteiger partial charge on any atom is 0.328 e. The molecular formula is C12H14N2O6. The van der Waals surface area contributed by atoms with Crippen LogP contribution in [-0.4, -0.2) is 47.3 Å². The summed E-state index contributed by atoms with van der Waals surface area (Å²) in [5, 5.41) is 19.5. The van der Waals surface area contributed by atoms with E-state index in [-0.39, 0.29) is 11.3 Å². The highest BCUT2D eigenvalue weighted by Crippen LogP contribution is 2.16. The van der Waals surface area contributed by atoms with E-state index in [1.165, 1.54) is 12.1 Å². The molecule has 0 saturated carbocycles. The lowest BCUT2D eigenvalue weighted by Gasteiger charge is -2.13. The van der Waals surface area contributed by atoms with Crippen molar-refractivity contribution in [1.82, 2.24) is 5.32 Å². The predicted molar refractivity (Wildman–Crippen MR) is 67.1 cm³/mol.